The van der Waals surface area contributed by atoms with E-state index in [0.29, 0.717) is 17.4 Å². The largest absolute Gasteiger partial charge is 0.369 e. The van der Waals surface area contributed by atoms with Crippen LogP contribution in [0.1, 0.15) is 17.0 Å². The first-order valence-electron chi connectivity index (χ1n) is 8.96. The molecule has 0 aliphatic heterocycles. The molecule has 2 aromatic heterocycles. The monoisotopic (exact) mass is 426 g/mol. The number of nitrogens with one attached hydrogen (secondary N) is 2. The lowest BCUT2D eigenvalue weighted by Crippen LogP contribution is -2.16. The standard InChI is InChI=1S/C21H19ClN4O2S/c22-19-7-3-1-5-15(19)17(18-12-24-20-8-4-2-6-16(18)20)13-26-21-10-9-14(11-25-21)29(23,27)28/h1-12,17,24H,13H2,(H,25,26)(H2,23,27,28)/t17-/m1/s1. The molecule has 1 atom stereocenters. The third kappa shape index (κ3) is 4.12. The van der Waals surface area contributed by atoms with Crippen molar-refractivity contribution in [3.8, 4) is 0 Å². The zero-order chi connectivity index (χ0) is 20.4. The number of aromatic nitrogens is 2. The van der Waals surface area contributed by atoms with Crippen LogP contribution in [0.5, 0.6) is 0 Å². The minimum absolute atomic E-state index is 0.0256. The third-order valence-corrected chi connectivity index (χ3v) is 6.07. The van der Waals surface area contributed by atoms with Crippen LogP contribution < -0.4 is 10.5 Å². The van der Waals surface area contributed by atoms with Crippen molar-refractivity contribution in [2.45, 2.75) is 10.8 Å². The van der Waals surface area contributed by atoms with Crippen LogP contribution in [0.3, 0.4) is 0 Å². The maximum atomic E-state index is 11.4. The van der Waals surface area contributed by atoms with Gasteiger partial charge in [-0.3, -0.25) is 0 Å². The number of primary sulfonamides is 1. The van der Waals surface area contributed by atoms with Gasteiger partial charge in [0.05, 0.1) is 0 Å². The normalized spacial score (nSPS) is 12.8. The van der Waals surface area contributed by atoms with E-state index in [9.17, 15) is 8.42 Å². The Bertz CT molecular complexity index is 1250. The van der Waals surface area contributed by atoms with Crippen molar-refractivity contribution >= 4 is 38.3 Å². The van der Waals surface area contributed by atoms with E-state index in [1.807, 2.05) is 48.7 Å². The molecule has 0 aliphatic carbocycles. The van der Waals surface area contributed by atoms with Crippen LogP contribution in [-0.4, -0.2) is 24.9 Å². The highest BCUT2D eigenvalue weighted by Gasteiger charge is 2.20. The van der Waals surface area contributed by atoms with Crippen LogP contribution in [0.25, 0.3) is 10.9 Å². The van der Waals surface area contributed by atoms with Crippen LogP contribution in [0.2, 0.25) is 5.02 Å². The van der Waals surface area contributed by atoms with Crippen molar-refractivity contribution in [2.75, 3.05) is 11.9 Å². The average molecular weight is 427 g/mol. The molecule has 0 radical (unpaired) electrons. The highest BCUT2D eigenvalue weighted by molar-refractivity contribution is 7.89. The van der Waals surface area contributed by atoms with E-state index in [1.165, 1.54) is 12.3 Å². The molecular weight excluding hydrogens is 408 g/mol. The topological polar surface area (TPSA) is 101 Å². The lowest BCUT2D eigenvalue weighted by Gasteiger charge is -2.20. The summed E-state index contributed by atoms with van der Waals surface area (Å²) in [4.78, 5) is 7.45. The summed E-state index contributed by atoms with van der Waals surface area (Å²) in [6.07, 6.45) is 3.24. The predicted molar refractivity (Wildman–Crippen MR) is 116 cm³/mol. The van der Waals surface area contributed by atoms with E-state index in [4.69, 9.17) is 16.7 Å². The molecule has 2 heterocycles. The quantitative estimate of drug-likeness (QED) is 0.432. The molecule has 0 fully saturated rings. The van der Waals surface area contributed by atoms with Gasteiger partial charge in [-0.1, -0.05) is 48.0 Å². The first kappa shape index (κ1) is 19.4. The molecule has 8 heteroatoms. The fraction of sp³-hybridized carbons (Fsp3) is 0.0952. The van der Waals surface area contributed by atoms with Crippen LogP contribution in [0, 0.1) is 0 Å². The fourth-order valence-corrected chi connectivity index (χ4v) is 4.11. The maximum Gasteiger partial charge on any atom is 0.239 e. The number of anilines is 1. The van der Waals surface area contributed by atoms with Crippen LogP contribution in [0.4, 0.5) is 5.82 Å². The summed E-state index contributed by atoms with van der Waals surface area (Å²) in [6, 6.07) is 18.9. The van der Waals surface area contributed by atoms with Gasteiger partial charge in [0.1, 0.15) is 10.7 Å². The van der Waals surface area contributed by atoms with Crippen molar-refractivity contribution in [3.05, 3.63) is 89.2 Å². The Morgan fingerprint density at radius 3 is 2.52 bits per heavy atom. The van der Waals surface area contributed by atoms with Gasteiger partial charge in [0.15, 0.2) is 0 Å². The number of pyridine rings is 1. The number of nitrogens with two attached hydrogens (primary N) is 1. The smallest absolute Gasteiger partial charge is 0.239 e. The highest BCUT2D eigenvalue weighted by Crippen LogP contribution is 2.34. The summed E-state index contributed by atoms with van der Waals surface area (Å²) < 4.78 is 22.8. The van der Waals surface area contributed by atoms with Gasteiger partial charge < -0.3 is 10.3 Å². The molecule has 148 valence electrons. The second-order valence-electron chi connectivity index (χ2n) is 6.67. The maximum absolute atomic E-state index is 11.4. The molecule has 4 rings (SSSR count). The molecule has 0 unspecified atom stereocenters. The van der Waals surface area contributed by atoms with Gasteiger partial charge in [-0.2, -0.15) is 0 Å². The van der Waals surface area contributed by atoms with Gasteiger partial charge in [0, 0.05) is 40.8 Å². The number of hydrogen-bond acceptors (Lipinski definition) is 4. The second kappa shape index (κ2) is 7.87. The zero-order valence-electron chi connectivity index (χ0n) is 15.3. The van der Waals surface area contributed by atoms with Gasteiger partial charge in [0.2, 0.25) is 10.0 Å². The Hall–Kier alpha value is -2.87. The van der Waals surface area contributed by atoms with Crippen molar-refractivity contribution in [3.63, 3.8) is 0 Å². The highest BCUT2D eigenvalue weighted by atomic mass is 35.5. The Balaban J connectivity index is 1.67. The lowest BCUT2D eigenvalue weighted by atomic mass is 9.91. The molecule has 0 saturated carbocycles. The number of para-hydroxylation sites is 1. The number of sulfonamides is 1. The number of H-pyrrole nitrogens is 1. The van der Waals surface area contributed by atoms with Crippen LogP contribution in [0.15, 0.2) is 78.0 Å². The summed E-state index contributed by atoms with van der Waals surface area (Å²) in [5.41, 5.74) is 3.16. The molecule has 0 saturated heterocycles. The number of fused-ring (bicyclic) bond motifs is 1. The summed E-state index contributed by atoms with van der Waals surface area (Å²) in [7, 11) is -3.77. The molecule has 4 aromatic rings. The minimum Gasteiger partial charge on any atom is -0.369 e. The Morgan fingerprint density at radius 2 is 1.79 bits per heavy atom. The zero-order valence-corrected chi connectivity index (χ0v) is 16.9. The van der Waals surface area contributed by atoms with Gasteiger partial charge >= 0.3 is 0 Å². The molecule has 0 aliphatic rings. The van der Waals surface area contributed by atoms with Crippen LogP contribution in [-0.2, 0) is 10.0 Å². The molecule has 29 heavy (non-hydrogen) atoms. The predicted octanol–water partition coefficient (Wildman–Crippen LogP) is 4.11. The number of halogens is 1. The molecular formula is C21H19ClN4O2S. The third-order valence-electron chi connectivity index (χ3n) is 4.83. The molecule has 0 spiro atoms. The number of nitrogens with zero attached hydrogens (tertiary/aromatic N) is 1. The van der Waals surface area contributed by atoms with E-state index >= 15 is 0 Å². The van der Waals surface area contributed by atoms with Crippen molar-refractivity contribution in [1.29, 1.82) is 0 Å². The van der Waals surface area contributed by atoms with Crippen molar-refractivity contribution in [1.82, 2.24) is 9.97 Å². The summed E-state index contributed by atoms with van der Waals surface area (Å²) >= 11 is 6.51. The van der Waals surface area contributed by atoms with Gasteiger partial charge in [0.25, 0.3) is 0 Å². The number of benzene rings is 2. The van der Waals surface area contributed by atoms with Gasteiger partial charge in [-0.25, -0.2) is 18.5 Å². The summed E-state index contributed by atoms with van der Waals surface area (Å²) in [5.74, 6) is 0.508. The fourth-order valence-electron chi connectivity index (χ4n) is 3.39. The average Bonchev–Trinajstić information content (AvgIpc) is 3.13. The number of rotatable bonds is 6. The van der Waals surface area contributed by atoms with Crippen LogP contribution >= 0.6 is 11.6 Å². The first-order chi connectivity index (χ1) is 13.9. The molecule has 6 nitrogen and oxygen atoms in total. The first-order valence-corrected chi connectivity index (χ1v) is 10.9. The van der Waals surface area contributed by atoms with E-state index < -0.39 is 10.0 Å². The Morgan fingerprint density at radius 1 is 1.03 bits per heavy atom. The molecule has 2 aromatic carbocycles. The molecule has 4 N–H and O–H groups in total. The molecule has 0 amide bonds. The van der Waals surface area contributed by atoms with E-state index in [2.05, 4.69) is 21.4 Å². The Kier molecular flexibility index (Phi) is 5.27. The summed E-state index contributed by atoms with van der Waals surface area (Å²) in [5, 5.41) is 10.2. The number of hydrogen-bond donors (Lipinski definition) is 3. The summed E-state index contributed by atoms with van der Waals surface area (Å²) in [6.45, 7) is 0.521. The van der Waals surface area contributed by atoms with Crippen molar-refractivity contribution < 1.29 is 8.42 Å². The molecule has 0 bridgehead atoms. The Labute approximate surface area is 173 Å². The van der Waals surface area contributed by atoms with E-state index in [1.54, 1.807) is 6.07 Å². The van der Waals surface area contributed by atoms with Gasteiger partial charge in [-0.05, 0) is 35.4 Å². The second-order valence-corrected chi connectivity index (χ2v) is 8.64. The van der Waals surface area contributed by atoms with Gasteiger partial charge in [-0.15, -0.1) is 0 Å². The van der Waals surface area contributed by atoms with Crippen molar-refractivity contribution in [2.24, 2.45) is 5.14 Å². The van der Waals surface area contributed by atoms with E-state index in [0.717, 1.165) is 22.0 Å². The minimum atomic E-state index is -3.77. The number of aromatic amines is 1. The lowest BCUT2D eigenvalue weighted by molar-refractivity contribution is 0.597. The SMILES string of the molecule is NS(=O)(=O)c1ccc(NC[C@H](c2ccccc2Cl)c2c[nH]c3ccccc23)nc1. The van der Waals surface area contributed by atoms with E-state index in [-0.39, 0.29) is 10.8 Å².